The predicted octanol–water partition coefficient (Wildman–Crippen LogP) is 4.75. The highest BCUT2D eigenvalue weighted by Gasteiger charge is 2.12. The summed E-state index contributed by atoms with van der Waals surface area (Å²) in [4.78, 5) is 22.6. The minimum absolute atomic E-state index is 0.0932. The van der Waals surface area contributed by atoms with Crippen molar-refractivity contribution >= 4 is 35.0 Å². The number of carbonyl (C=O) groups is 2. The normalized spacial score (nSPS) is 11.0. The smallest absolute Gasteiger partial charge is 0.336 e. The third kappa shape index (κ3) is 4.61. The molecular weight excluding hydrogens is 342 g/mol. The maximum atomic E-state index is 11.6. The summed E-state index contributed by atoms with van der Waals surface area (Å²) in [6.45, 7) is 0. The lowest BCUT2D eigenvalue weighted by molar-refractivity contribution is -0.130. The summed E-state index contributed by atoms with van der Waals surface area (Å²) >= 11 is 0. The summed E-state index contributed by atoms with van der Waals surface area (Å²) in [6.07, 6.45) is 1.56. The molecule has 0 radical (unpaired) electrons. The number of para-hydroxylation sites is 1. The van der Waals surface area contributed by atoms with E-state index in [4.69, 9.17) is 5.11 Å². The molecule has 0 aromatic heterocycles. The van der Waals surface area contributed by atoms with E-state index in [2.05, 4.69) is 5.32 Å². The Bertz CT molecular complexity index is 975. The Morgan fingerprint density at radius 3 is 1.81 bits per heavy atom. The lowest BCUT2D eigenvalue weighted by atomic mass is 10.0. The standard InChI is InChI=1S/C22H17NO4/c24-21(25)17-10-8-16(9-11-17)20(22(26)27)14-15-6-12-19(13-7-15)23-18-4-2-1-3-5-18/h1-14,23H,(H,24,25)(H,26,27). The van der Waals surface area contributed by atoms with Crippen molar-refractivity contribution in [3.8, 4) is 0 Å². The number of hydrogen-bond acceptors (Lipinski definition) is 3. The summed E-state index contributed by atoms with van der Waals surface area (Å²) in [7, 11) is 0. The number of aliphatic carboxylic acids is 1. The fraction of sp³-hybridized carbons (Fsp3) is 0. The molecular formula is C22H17NO4. The highest BCUT2D eigenvalue weighted by atomic mass is 16.4. The van der Waals surface area contributed by atoms with Crippen LogP contribution in [0.3, 0.4) is 0 Å². The van der Waals surface area contributed by atoms with E-state index in [1.807, 2.05) is 54.6 Å². The van der Waals surface area contributed by atoms with Gasteiger partial charge in [0, 0.05) is 11.4 Å². The summed E-state index contributed by atoms with van der Waals surface area (Å²) in [6, 6.07) is 22.9. The molecule has 0 saturated carbocycles. The van der Waals surface area contributed by atoms with E-state index in [1.165, 1.54) is 24.3 Å². The topological polar surface area (TPSA) is 86.6 Å². The van der Waals surface area contributed by atoms with Crippen molar-refractivity contribution in [3.63, 3.8) is 0 Å². The molecule has 0 amide bonds. The summed E-state index contributed by atoms with van der Waals surface area (Å²) in [5.74, 6) is -2.13. The fourth-order valence-corrected chi connectivity index (χ4v) is 2.58. The van der Waals surface area contributed by atoms with Crippen LogP contribution in [0, 0.1) is 0 Å². The molecule has 0 aliphatic carbocycles. The average Bonchev–Trinajstić information content (AvgIpc) is 2.68. The van der Waals surface area contributed by atoms with Crippen LogP contribution < -0.4 is 5.32 Å². The van der Waals surface area contributed by atoms with Gasteiger partial charge in [0.05, 0.1) is 11.1 Å². The first-order valence-corrected chi connectivity index (χ1v) is 8.24. The minimum Gasteiger partial charge on any atom is -0.478 e. The van der Waals surface area contributed by atoms with E-state index in [0.717, 1.165) is 16.9 Å². The Kier molecular flexibility index (Phi) is 5.33. The molecule has 27 heavy (non-hydrogen) atoms. The number of hydrogen-bond donors (Lipinski definition) is 3. The molecule has 3 rings (SSSR count). The molecule has 5 heteroatoms. The van der Waals surface area contributed by atoms with Crippen LogP contribution in [0.15, 0.2) is 78.9 Å². The van der Waals surface area contributed by atoms with Gasteiger partial charge in [0.1, 0.15) is 0 Å². The molecule has 0 atom stereocenters. The highest BCUT2D eigenvalue weighted by Crippen LogP contribution is 2.22. The molecule has 3 N–H and O–H groups in total. The van der Waals surface area contributed by atoms with E-state index < -0.39 is 11.9 Å². The molecule has 5 nitrogen and oxygen atoms in total. The van der Waals surface area contributed by atoms with E-state index in [0.29, 0.717) is 5.56 Å². The zero-order valence-electron chi connectivity index (χ0n) is 14.3. The number of carboxylic acids is 2. The first kappa shape index (κ1) is 17.9. The monoisotopic (exact) mass is 359 g/mol. The van der Waals surface area contributed by atoms with Gasteiger partial charge < -0.3 is 15.5 Å². The molecule has 0 heterocycles. The maximum Gasteiger partial charge on any atom is 0.336 e. The third-order valence-electron chi connectivity index (χ3n) is 3.96. The van der Waals surface area contributed by atoms with Crippen molar-refractivity contribution < 1.29 is 19.8 Å². The maximum absolute atomic E-state index is 11.6. The van der Waals surface area contributed by atoms with Crippen LogP contribution in [-0.2, 0) is 4.79 Å². The van der Waals surface area contributed by atoms with Gasteiger partial charge >= 0.3 is 11.9 Å². The van der Waals surface area contributed by atoms with Gasteiger partial charge in [-0.1, -0.05) is 42.5 Å². The predicted molar refractivity (Wildman–Crippen MR) is 105 cm³/mol. The van der Waals surface area contributed by atoms with Crippen molar-refractivity contribution in [2.45, 2.75) is 0 Å². The molecule has 0 aliphatic heterocycles. The molecule has 0 saturated heterocycles. The quantitative estimate of drug-likeness (QED) is 0.437. The molecule has 0 spiro atoms. The zero-order valence-corrected chi connectivity index (χ0v) is 14.3. The second kappa shape index (κ2) is 8.01. The van der Waals surface area contributed by atoms with E-state index >= 15 is 0 Å². The number of rotatable bonds is 6. The van der Waals surface area contributed by atoms with Crippen molar-refractivity contribution in [2.75, 3.05) is 5.32 Å². The van der Waals surface area contributed by atoms with Crippen LogP contribution in [0.1, 0.15) is 21.5 Å². The molecule has 0 fully saturated rings. The van der Waals surface area contributed by atoms with Crippen molar-refractivity contribution in [3.05, 3.63) is 95.6 Å². The Morgan fingerprint density at radius 1 is 0.704 bits per heavy atom. The first-order valence-electron chi connectivity index (χ1n) is 8.24. The summed E-state index contributed by atoms with van der Waals surface area (Å²) < 4.78 is 0. The van der Waals surface area contributed by atoms with E-state index in [9.17, 15) is 14.7 Å². The van der Waals surface area contributed by atoms with Gasteiger partial charge in [-0.15, -0.1) is 0 Å². The summed E-state index contributed by atoms with van der Waals surface area (Å²) in [5, 5.41) is 21.7. The van der Waals surface area contributed by atoms with Gasteiger partial charge in [0.15, 0.2) is 0 Å². The first-order chi connectivity index (χ1) is 13.0. The van der Waals surface area contributed by atoms with Gasteiger partial charge in [0.25, 0.3) is 0 Å². The lowest BCUT2D eigenvalue weighted by Gasteiger charge is -2.07. The molecule has 0 unspecified atom stereocenters. The van der Waals surface area contributed by atoms with Gasteiger partial charge in [-0.2, -0.15) is 0 Å². The van der Waals surface area contributed by atoms with Crippen LogP contribution in [0.4, 0.5) is 11.4 Å². The van der Waals surface area contributed by atoms with Crippen molar-refractivity contribution in [1.29, 1.82) is 0 Å². The highest BCUT2D eigenvalue weighted by molar-refractivity contribution is 6.20. The van der Waals surface area contributed by atoms with Gasteiger partial charge in [-0.3, -0.25) is 0 Å². The van der Waals surface area contributed by atoms with Crippen molar-refractivity contribution in [1.82, 2.24) is 0 Å². The van der Waals surface area contributed by atoms with Gasteiger partial charge in [-0.05, 0) is 53.6 Å². The average molecular weight is 359 g/mol. The van der Waals surface area contributed by atoms with Crippen LogP contribution in [0.5, 0.6) is 0 Å². The fourth-order valence-electron chi connectivity index (χ4n) is 2.58. The molecule has 0 bridgehead atoms. The van der Waals surface area contributed by atoms with Crippen molar-refractivity contribution in [2.24, 2.45) is 0 Å². The second-order valence-electron chi connectivity index (χ2n) is 5.86. The van der Waals surface area contributed by atoms with Gasteiger partial charge in [-0.25, -0.2) is 9.59 Å². The number of aromatic carboxylic acids is 1. The Labute approximate surface area is 156 Å². The Balaban J connectivity index is 1.83. The Morgan fingerprint density at radius 2 is 1.26 bits per heavy atom. The van der Waals surface area contributed by atoms with Crippen LogP contribution in [0.2, 0.25) is 0 Å². The number of carboxylic acid groups (broad SMARTS) is 2. The minimum atomic E-state index is -1.08. The Hall–Kier alpha value is -3.86. The molecule has 3 aromatic carbocycles. The van der Waals surface area contributed by atoms with Crippen LogP contribution in [-0.4, -0.2) is 22.2 Å². The number of anilines is 2. The largest absolute Gasteiger partial charge is 0.478 e. The molecule has 3 aromatic rings. The summed E-state index contributed by atoms with van der Waals surface area (Å²) in [5.41, 5.74) is 3.23. The third-order valence-corrected chi connectivity index (χ3v) is 3.96. The number of nitrogens with one attached hydrogen (secondary N) is 1. The zero-order chi connectivity index (χ0) is 19.2. The lowest BCUT2D eigenvalue weighted by Crippen LogP contribution is -2.01. The second-order valence-corrected chi connectivity index (χ2v) is 5.86. The molecule has 134 valence electrons. The van der Waals surface area contributed by atoms with Crippen LogP contribution >= 0.6 is 0 Å². The van der Waals surface area contributed by atoms with E-state index in [-0.39, 0.29) is 11.1 Å². The molecule has 0 aliphatic rings. The van der Waals surface area contributed by atoms with E-state index in [1.54, 1.807) is 6.08 Å². The SMILES string of the molecule is O=C(O)C(=Cc1ccc(Nc2ccccc2)cc1)c1ccc(C(=O)O)cc1. The number of benzene rings is 3. The van der Waals surface area contributed by atoms with Gasteiger partial charge in [0.2, 0.25) is 0 Å². The van der Waals surface area contributed by atoms with Crippen LogP contribution in [0.25, 0.3) is 11.6 Å².